The van der Waals surface area contributed by atoms with Gasteiger partial charge in [0, 0.05) is 11.8 Å². The molecule has 2 aromatic carbocycles. The summed E-state index contributed by atoms with van der Waals surface area (Å²) in [5.74, 6) is -0.307. The maximum absolute atomic E-state index is 12.2. The smallest absolute Gasteiger partial charge is 0.338 e. The van der Waals surface area contributed by atoms with Gasteiger partial charge in [0.1, 0.15) is 6.61 Å². The number of carbonyl (C=O) groups is 1. The molecule has 1 aromatic heterocycles. The molecular weight excluding hydrogens is 288 g/mol. The molecule has 0 N–H and O–H groups in total. The van der Waals surface area contributed by atoms with Crippen molar-refractivity contribution < 1.29 is 9.53 Å². The first-order chi connectivity index (χ1) is 11.1. The quantitative estimate of drug-likeness (QED) is 0.688. The van der Waals surface area contributed by atoms with E-state index >= 15 is 0 Å². The molecule has 4 nitrogen and oxygen atoms in total. The molecule has 0 amide bonds. The third-order valence-corrected chi connectivity index (χ3v) is 3.85. The number of ether oxygens (including phenoxy) is 1. The molecular formula is C19H18N2O2. The number of rotatable bonds is 4. The van der Waals surface area contributed by atoms with Crippen molar-refractivity contribution in [3.8, 4) is 5.69 Å². The second-order valence-electron chi connectivity index (χ2n) is 5.45. The van der Waals surface area contributed by atoms with E-state index in [1.54, 1.807) is 16.9 Å². The molecule has 0 aliphatic carbocycles. The fourth-order valence-electron chi connectivity index (χ4n) is 2.36. The maximum atomic E-state index is 12.2. The van der Waals surface area contributed by atoms with E-state index in [1.807, 2.05) is 62.5 Å². The van der Waals surface area contributed by atoms with Gasteiger partial charge in [0.15, 0.2) is 0 Å². The van der Waals surface area contributed by atoms with Crippen LogP contribution in [0.5, 0.6) is 0 Å². The highest BCUT2D eigenvalue weighted by Crippen LogP contribution is 2.15. The minimum atomic E-state index is -0.307. The lowest BCUT2D eigenvalue weighted by Crippen LogP contribution is -2.07. The Morgan fingerprint density at radius 2 is 1.87 bits per heavy atom. The first-order valence-corrected chi connectivity index (χ1v) is 7.47. The Balaban J connectivity index is 1.68. The molecule has 0 fully saturated rings. The molecule has 0 aliphatic rings. The molecule has 0 saturated heterocycles. The average molecular weight is 306 g/mol. The first kappa shape index (κ1) is 15.0. The highest BCUT2D eigenvalue weighted by molar-refractivity contribution is 5.91. The van der Waals surface area contributed by atoms with Crippen molar-refractivity contribution in [3.63, 3.8) is 0 Å². The van der Waals surface area contributed by atoms with Gasteiger partial charge in [0.05, 0.1) is 17.4 Å². The van der Waals surface area contributed by atoms with Crippen LogP contribution in [0.4, 0.5) is 0 Å². The van der Waals surface area contributed by atoms with Crippen LogP contribution in [0.25, 0.3) is 5.69 Å². The van der Waals surface area contributed by atoms with E-state index in [-0.39, 0.29) is 12.6 Å². The molecule has 3 rings (SSSR count). The fourth-order valence-corrected chi connectivity index (χ4v) is 2.36. The third-order valence-electron chi connectivity index (χ3n) is 3.85. The van der Waals surface area contributed by atoms with E-state index in [9.17, 15) is 4.79 Å². The number of aromatic nitrogens is 2. The van der Waals surface area contributed by atoms with Crippen LogP contribution in [0.15, 0.2) is 60.9 Å². The van der Waals surface area contributed by atoms with Gasteiger partial charge >= 0.3 is 5.97 Å². The Morgan fingerprint density at radius 1 is 1.09 bits per heavy atom. The van der Waals surface area contributed by atoms with Gasteiger partial charge < -0.3 is 4.74 Å². The number of aryl methyl sites for hydroxylation is 1. The van der Waals surface area contributed by atoms with Crippen LogP contribution >= 0.6 is 0 Å². The molecule has 4 heteroatoms. The van der Waals surface area contributed by atoms with Gasteiger partial charge in [-0.05, 0) is 43.2 Å². The van der Waals surface area contributed by atoms with E-state index in [4.69, 9.17) is 4.74 Å². The van der Waals surface area contributed by atoms with Gasteiger partial charge in [-0.2, -0.15) is 5.10 Å². The fraction of sp³-hybridized carbons (Fsp3) is 0.158. The molecule has 3 aromatic rings. The van der Waals surface area contributed by atoms with Gasteiger partial charge in [0.25, 0.3) is 0 Å². The van der Waals surface area contributed by atoms with Crippen molar-refractivity contribution in [2.24, 2.45) is 0 Å². The van der Waals surface area contributed by atoms with Crippen LogP contribution < -0.4 is 0 Å². The van der Waals surface area contributed by atoms with Gasteiger partial charge in [-0.3, -0.25) is 0 Å². The van der Waals surface area contributed by atoms with E-state index in [2.05, 4.69) is 5.10 Å². The second-order valence-corrected chi connectivity index (χ2v) is 5.45. The normalized spacial score (nSPS) is 10.5. The molecule has 0 aliphatic heterocycles. The van der Waals surface area contributed by atoms with Crippen LogP contribution in [-0.2, 0) is 11.3 Å². The number of para-hydroxylation sites is 1. The lowest BCUT2D eigenvalue weighted by Gasteiger charge is -2.08. The van der Waals surface area contributed by atoms with Crippen molar-refractivity contribution in [2.75, 3.05) is 0 Å². The predicted molar refractivity (Wildman–Crippen MR) is 88.6 cm³/mol. The summed E-state index contributed by atoms with van der Waals surface area (Å²) in [5.41, 5.74) is 4.47. The molecule has 0 unspecified atom stereocenters. The zero-order chi connectivity index (χ0) is 16.2. The summed E-state index contributed by atoms with van der Waals surface area (Å²) >= 11 is 0. The topological polar surface area (TPSA) is 44.1 Å². The molecule has 0 bridgehead atoms. The molecule has 23 heavy (non-hydrogen) atoms. The number of carbonyl (C=O) groups excluding carboxylic acids is 1. The summed E-state index contributed by atoms with van der Waals surface area (Å²) in [4.78, 5) is 12.2. The van der Waals surface area contributed by atoms with Crippen molar-refractivity contribution in [1.29, 1.82) is 0 Å². The minimum absolute atomic E-state index is 0.207. The second kappa shape index (κ2) is 6.48. The van der Waals surface area contributed by atoms with Gasteiger partial charge in [-0.25, -0.2) is 9.48 Å². The van der Waals surface area contributed by atoms with Crippen LogP contribution in [-0.4, -0.2) is 15.7 Å². The van der Waals surface area contributed by atoms with E-state index < -0.39 is 0 Å². The summed E-state index contributed by atoms with van der Waals surface area (Å²) < 4.78 is 7.17. The van der Waals surface area contributed by atoms with E-state index in [0.717, 1.165) is 22.4 Å². The summed E-state index contributed by atoms with van der Waals surface area (Å²) in [6, 6.07) is 15.5. The first-order valence-electron chi connectivity index (χ1n) is 7.47. The van der Waals surface area contributed by atoms with E-state index in [0.29, 0.717) is 5.56 Å². The van der Waals surface area contributed by atoms with E-state index in [1.165, 1.54) is 0 Å². The third kappa shape index (κ3) is 3.31. The average Bonchev–Trinajstić information content (AvgIpc) is 3.05. The summed E-state index contributed by atoms with van der Waals surface area (Å²) in [6.45, 7) is 4.12. The minimum Gasteiger partial charge on any atom is -0.457 e. The number of benzene rings is 2. The predicted octanol–water partition coefficient (Wildman–Crippen LogP) is 3.85. The molecule has 116 valence electrons. The summed E-state index contributed by atoms with van der Waals surface area (Å²) in [5, 5.41) is 4.29. The van der Waals surface area contributed by atoms with Crippen molar-refractivity contribution in [3.05, 3.63) is 83.2 Å². The number of nitrogens with zero attached hydrogens (tertiary/aromatic N) is 2. The maximum Gasteiger partial charge on any atom is 0.338 e. The van der Waals surface area contributed by atoms with Crippen LogP contribution in [0.3, 0.4) is 0 Å². The van der Waals surface area contributed by atoms with Crippen LogP contribution in [0, 0.1) is 13.8 Å². The number of hydrogen-bond donors (Lipinski definition) is 0. The lowest BCUT2D eigenvalue weighted by atomic mass is 10.0. The zero-order valence-electron chi connectivity index (χ0n) is 13.2. The zero-order valence-corrected chi connectivity index (χ0v) is 13.2. The van der Waals surface area contributed by atoms with Gasteiger partial charge in [-0.1, -0.05) is 30.3 Å². The largest absolute Gasteiger partial charge is 0.457 e. The molecule has 0 radical (unpaired) electrons. The Morgan fingerprint density at radius 3 is 2.65 bits per heavy atom. The molecule has 0 spiro atoms. The molecule has 0 saturated carbocycles. The van der Waals surface area contributed by atoms with Gasteiger partial charge in [-0.15, -0.1) is 0 Å². The highest BCUT2D eigenvalue weighted by Gasteiger charge is 2.12. The summed E-state index contributed by atoms with van der Waals surface area (Å²) in [6.07, 6.45) is 3.58. The van der Waals surface area contributed by atoms with Crippen LogP contribution in [0.2, 0.25) is 0 Å². The molecule has 1 heterocycles. The number of hydrogen-bond acceptors (Lipinski definition) is 3. The lowest BCUT2D eigenvalue weighted by molar-refractivity contribution is 0.0471. The van der Waals surface area contributed by atoms with Gasteiger partial charge in [0.2, 0.25) is 0 Å². The highest BCUT2D eigenvalue weighted by atomic mass is 16.5. The van der Waals surface area contributed by atoms with Crippen molar-refractivity contribution >= 4 is 5.97 Å². The molecule has 0 atom stereocenters. The SMILES string of the molecule is Cc1cccc(C(=O)OCc2cnn(-c3ccccc3)c2)c1C. The standard InChI is InChI=1S/C19H18N2O2/c1-14-7-6-10-18(15(14)2)19(22)23-13-16-11-20-21(12-16)17-8-4-3-5-9-17/h3-12H,13H2,1-2H3. The Kier molecular flexibility index (Phi) is 4.24. The van der Waals surface area contributed by atoms with Crippen LogP contribution in [0.1, 0.15) is 27.0 Å². The Bertz CT molecular complexity index is 822. The monoisotopic (exact) mass is 306 g/mol. The Hall–Kier alpha value is -2.88. The van der Waals surface area contributed by atoms with Crippen molar-refractivity contribution in [2.45, 2.75) is 20.5 Å². The van der Waals surface area contributed by atoms with Crippen molar-refractivity contribution in [1.82, 2.24) is 9.78 Å². The Labute approximate surface area is 135 Å². The summed E-state index contributed by atoms with van der Waals surface area (Å²) in [7, 11) is 0. The number of esters is 1.